The summed E-state index contributed by atoms with van der Waals surface area (Å²) < 4.78 is 49.1. The van der Waals surface area contributed by atoms with Gasteiger partial charge in [0.05, 0.1) is 36.2 Å². The van der Waals surface area contributed by atoms with Crippen LogP contribution in [0.2, 0.25) is 0 Å². The van der Waals surface area contributed by atoms with Crippen LogP contribution >= 0.6 is 0 Å². The Labute approximate surface area is 276 Å². The first-order chi connectivity index (χ1) is 23.1. The minimum Gasteiger partial charge on any atom is -0.388 e. The number of amides is 1. The zero-order valence-electron chi connectivity index (χ0n) is 26.8. The molecule has 4 aromatic rings. The van der Waals surface area contributed by atoms with Crippen LogP contribution in [-0.4, -0.2) is 64.4 Å². The van der Waals surface area contributed by atoms with E-state index in [4.69, 9.17) is 5.26 Å². The molecule has 0 unspecified atom stereocenters. The van der Waals surface area contributed by atoms with Gasteiger partial charge in [0.2, 0.25) is 0 Å². The summed E-state index contributed by atoms with van der Waals surface area (Å²) in [6, 6.07) is 15.3. The number of fused-ring (bicyclic) bond motifs is 1. The van der Waals surface area contributed by atoms with E-state index in [9.17, 15) is 23.2 Å². The molecular weight excluding hydrogens is 623 g/mol. The molecule has 2 aliphatic rings. The highest BCUT2D eigenvalue weighted by molar-refractivity contribution is 6.10. The molecular formula is C34H34F3N9O2. The normalized spacial score (nSPS) is 14.2. The van der Waals surface area contributed by atoms with Crippen molar-refractivity contribution in [1.82, 2.24) is 24.6 Å². The first-order valence-corrected chi connectivity index (χ1v) is 15.3. The topological polar surface area (TPSA) is 136 Å². The molecule has 0 spiro atoms. The van der Waals surface area contributed by atoms with Crippen LogP contribution in [0.5, 0.6) is 0 Å². The number of likely N-dealkylation sites (tertiary alicyclic amines) is 1. The summed E-state index contributed by atoms with van der Waals surface area (Å²) in [4.78, 5) is 21.8. The number of benzene rings is 2. The third-order valence-corrected chi connectivity index (χ3v) is 8.06. The number of anilines is 2. The monoisotopic (exact) mass is 657 g/mol. The van der Waals surface area contributed by atoms with E-state index in [0.29, 0.717) is 46.0 Å². The van der Waals surface area contributed by atoms with Gasteiger partial charge in [0.15, 0.2) is 5.82 Å². The lowest BCUT2D eigenvalue weighted by Gasteiger charge is -2.19. The van der Waals surface area contributed by atoms with Gasteiger partial charge in [0.1, 0.15) is 18.0 Å². The summed E-state index contributed by atoms with van der Waals surface area (Å²) in [5.74, 6) is 0.398. The second kappa shape index (κ2) is 14.6. The van der Waals surface area contributed by atoms with Crippen molar-refractivity contribution in [2.45, 2.75) is 38.5 Å². The number of halogens is 3. The van der Waals surface area contributed by atoms with Gasteiger partial charge >= 0.3 is 6.18 Å². The van der Waals surface area contributed by atoms with Crippen LogP contribution in [0.25, 0.3) is 22.5 Å². The highest BCUT2D eigenvalue weighted by Gasteiger charge is 2.41. The number of alkyl halides is 3. The fourth-order valence-corrected chi connectivity index (χ4v) is 5.92. The van der Waals surface area contributed by atoms with Gasteiger partial charge in [-0.1, -0.05) is 0 Å². The molecule has 0 bridgehead atoms. The lowest BCUT2D eigenvalue weighted by Crippen LogP contribution is -2.24. The molecule has 6 rings (SSSR count). The fraction of sp³-hybridized carbons (Fsp3) is 0.353. The molecule has 1 amide bonds. The highest BCUT2D eigenvalue weighted by Crippen LogP contribution is 2.41. The number of nitrogens with zero attached hydrogens (tertiary/aromatic N) is 8. The number of hydrogen-bond donors (Lipinski definition) is 1. The Morgan fingerprint density at radius 3 is 2.42 bits per heavy atom. The second-order valence-electron chi connectivity index (χ2n) is 11.5. The number of hydrogen-bond acceptors (Lipinski definition) is 9. The number of carbonyl (C=O) groups excluding carboxylic acids is 1. The molecule has 1 fully saturated rings. The number of aromatic nitrogens is 4. The highest BCUT2D eigenvalue weighted by atomic mass is 19.4. The van der Waals surface area contributed by atoms with E-state index >= 15 is 0 Å². The second-order valence-corrected chi connectivity index (χ2v) is 11.5. The third kappa shape index (κ3) is 7.30. The van der Waals surface area contributed by atoms with E-state index in [-0.39, 0.29) is 36.5 Å². The molecule has 48 heavy (non-hydrogen) atoms. The number of nitrogens with one attached hydrogen (secondary N) is 1. The van der Waals surface area contributed by atoms with Crippen molar-refractivity contribution in [3.63, 3.8) is 0 Å². The van der Waals surface area contributed by atoms with Crippen molar-refractivity contribution >= 4 is 17.5 Å². The van der Waals surface area contributed by atoms with Crippen molar-refractivity contribution in [1.29, 1.82) is 10.5 Å². The zero-order chi connectivity index (χ0) is 34.4. The summed E-state index contributed by atoms with van der Waals surface area (Å²) in [6.07, 6.45) is -0.944. The maximum Gasteiger partial charge on any atom is 0.416 e. The average molecular weight is 658 g/mol. The quantitative estimate of drug-likeness (QED) is 0.234. The maximum absolute atomic E-state index is 14.4. The maximum atomic E-state index is 14.4. The van der Waals surface area contributed by atoms with E-state index in [2.05, 4.69) is 42.3 Å². The Morgan fingerprint density at radius 2 is 1.77 bits per heavy atom. The minimum atomic E-state index is -4.65. The molecule has 0 atom stereocenters. The standard InChI is InChI=1S/C32H28F3N9O.C2H6O/c1-42-19-39-41-30(42)23-6-5-20(16-37)11-24(23)22-14-28(38-8-4-7-36)40-29(15-22)44-18-26-25(31(44)45)12-21(13-27(26)32(33,34)35)17-43-9-2-3-10-43;1-3-2/h5-6,11-15,19H,2-4,8-10,17-18H2,1H3,(H,38,40);1-2H3. The summed E-state index contributed by atoms with van der Waals surface area (Å²) in [7, 11) is 5.03. The molecule has 0 saturated carbocycles. The van der Waals surface area contributed by atoms with Crippen LogP contribution in [0, 0.1) is 22.7 Å². The zero-order valence-corrected chi connectivity index (χ0v) is 26.8. The summed E-state index contributed by atoms with van der Waals surface area (Å²) in [5.41, 5.74) is 1.70. The van der Waals surface area contributed by atoms with Crippen LogP contribution < -0.4 is 10.2 Å². The van der Waals surface area contributed by atoms with Gasteiger partial charge < -0.3 is 14.6 Å². The number of rotatable bonds is 8. The van der Waals surface area contributed by atoms with Crippen LogP contribution in [0.3, 0.4) is 0 Å². The largest absolute Gasteiger partial charge is 0.416 e. The Bertz CT molecular complexity index is 1890. The summed E-state index contributed by atoms with van der Waals surface area (Å²) in [5, 5.41) is 30.0. The van der Waals surface area contributed by atoms with Crippen molar-refractivity contribution in [3.8, 4) is 34.7 Å². The van der Waals surface area contributed by atoms with Crippen molar-refractivity contribution in [3.05, 3.63) is 76.6 Å². The molecule has 2 aromatic carbocycles. The summed E-state index contributed by atoms with van der Waals surface area (Å²) >= 11 is 0. The molecule has 1 saturated heterocycles. The van der Waals surface area contributed by atoms with Gasteiger partial charge in [-0.25, -0.2) is 4.98 Å². The Kier molecular flexibility index (Phi) is 10.4. The number of ether oxygens (including phenoxy) is 1. The number of methoxy groups -OCH3 is 1. The van der Waals surface area contributed by atoms with Crippen LogP contribution in [-0.2, 0) is 31.1 Å². The SMILES string of the molecule is COC.Cn1cnnc1-c1ccc(C#N)cc1-c1cc(NCCC#N)nc(N2Cc3c(cc(CN4CCCC4)cc3C(F)(F)F)C2=O)c1. The number of aryl methyl sites for hydroxylation is 1. The van der Waals surface area contributed by atoms with Gasteiger partial charge in [-0.05, 0) is 90.6 Å². The molecule has 4 heterocycles. The van der Waals surface area contributed by atoms with Gasteiger partial charge in [0.25, 0.3) is 5.91 Å². The molecule has 0 radical (unpaired) electrons. The molecule has 1 N–H and O–H groups in total. The molecule has 14 heteroatoms. The van der Waals surface area contributed by atoms with Crippen LogP contribution in [0.1, 0.15) is 51.9 Å². The number of carbonyl (C=O) groups is 1. The van der Waals surface area contributed by atoms with Crippen LogP contribution in [0.15, 0.2) is 48.8 Å². The third-order valence-electron chi connectivity index (χ3n) is 8.06. The Balaban J connectivity index is 0.00000145. The number of pyridine rings is 1. The Hall–Kier alpha value is -5.31. The molecule has 11 nitrogen and oxygen atoms in total. The summed E-state index contributed by atoms with van der Waals surface area (Å²) in [6.45, 7) is 1.90. The fourth-order valence-electron chi connectivity index (χ4n) is 5.92. The van der Waals surface area contributed by atoms with E-state index in [1.165, 1.54) is 4.90 Å². The van der Waals surface area contributed by atoms with E-state index in [0.717, 1.165) is 32.0 Å². The van der Waals surface area contributed by atoms with Crippen LogP contribution in [0.4, 0.5) is 24.8 Å². The van der Waals surface area contributed by atoms with Gasteiger partial charge in [-0.2, -0.15) is 23.7 Å². The van der Waals surface area contributed by atoms with Gasteiger partial charge in [-0.3, -0.25) is 14.6 Å². The lowest BCUT2D eigenvalue weighted by atomic mass is 9.97. The molecule has 2 aliphatic heterocycles. The first-order valence-electron chi connectivity index (χ1n) is 15.3. The number of nitriles is 2. The van der Waals surface area contributed by atoms with Crippen molar-refractivity contribution in [2.24, 2.45) is 7.05 Å². The first kappa shape index (κ1) is 34.0. The predicted molar refractivity (Wildman–Crippen MR) is 173 cm³/mol. The van der Waals surface area contributed by atoms with E-state index < -0.39 is 17.6 Å². The minimum absolute atomic E-state index is 0.0106. The van der Waals surface area contributed by atoms with Gasteiger partial charge in [-0.15, -0.1) is 10.2 Å². The Morgan fingerprint density at radius 1 is 1.02 bits per heavy atom. The smallest absolute Gasteiger partial charge is 0.388 e. The molecule has 2 aromatic heterocycles. The predicted octanol–water partition coefficient (Wildman–Crippen LogP) is 5.78. The average Bonchev–Trinajstić information content (AvgIpc) is 3.81. The van der Waals surface area contributed by atoms with E-state index in [1.54, 1.807) is 68.6 Å². The van der Waals surface area contributed by atoms with E-state index in [1.807, 2.05) is 0 Å². The lowest BCUT2D eigenvalue weighted by molar-refractivity contribution is -0.138. The van der Waals surface area contributed by atoms with Crippen molar-refractivity contribution in [2.75, 3.05) is 44.1 Å². The van der Waals surface area contributed by atoms with Crippen molar-refractivity contribution < 1.29 is 22.7 Å². The molecule has 248 valence electrons. The molecule has 0 aliphatic carbocycles. The van der Waals surface area contributed by atoms with Gasteiger partial charge in [0, 0.05) is 45.5 Å².